The summed E-state index contributed by atoms with van der Waals surface area (Å²) in [7, 11) is 0. The molecule has 0 atom stereocenters. The van der Waals surface area contributed by atoms with Crippen LogP contribution >= 0.6 is 0 Å². The van der Waals surface area contributed by atoms with Crippen molar-refractivity contribution in [3.8, 4) is 33.4 Å². The normalized spacial score (nSPS) is 11.1. The summed E-state index contributed by atoms with van der Waals surface area (Å²) in [5, 5.41) is 4.95. The minimum absolute atomic E-state index is 0.687. The highest BCUT2D eigenvalue weighted by molar-refractivity contribution is 6.21. The van der Waals surface area contributed by atoms with Crippen LogP contribution in [-0.4, -0.2) is 6.29 Å². The Hall–Kier alpha value is -4.49. The van der Waals surface area contributed by atoms with Gasteiger partial charge in [-0.15, -0.1) is 0 Å². The fourth-order valence-corrected chi connectivity index (χ4v) is 4.94. The molecule has 0 aliphatic heterocycles. The molecule has 0 aliphatic carbocycles. The highest BCUT2D eigenvalue weighted by Crippen LogP contribution is 2.44. The molecule has 1 nitrogen and oxygen atoms in total. The molecule has 0 saturated heterocycles. The summed E-state index contributed by atoms with van der Waals surface area (Å²) in [6.07, 6.45) is 0.885. The molecule has 0 radical (unpaired) electrons. The van der Waals surface area contributed by atoms with Gasteiger partial charge in [0, 0.05) is 5.56 Å². The summed E-state index contributed by atoms with van der Waals surface area (Å²) in [6.45, 7) is 0. The standard InChI is InChI=1S/C33H22O/c34-22-23-15-17-24(18-16-23)27-19-20-30-31(21-27)33(26-11-5-2-6-12-26)29-14-8-7-13-28(29)32(30)25-9-3-1-4-10-25/h1-22H. The van der Waals surface area contributed by atoms with Gasteiger partial charge in [0.15, 0.2) is 0 Å². The Morgan fingerprint density at radius 1 is 0.382 bits per heavy atom. The first-order valence-electron chi connectivity index (χ1n) is 11.5. The second-order valence-corrected chi connectivity index (χ2v) is 8.53. The highest BCUT2D eigenvalue weighted by Gasteiger charge is 2.17. The first kappa shape index (κ1) is 20.1. The first-order chi connectivity index (χ1) is 16.8. The maximum atomic E-state index is 11.1. The van der Waals surface area contributed by atoms with Crippen LogP contribution < -0.4 is 0 Å². The largest absolute Gasteiger partial charge is 0.298 e. The van der Waals surface area contributed by atoms with Crippen LogP contribution in [0.4, 0.5) is 0 Å². The van der Waals surface area contributed by atoms with Crippen molar-refractivity contribution in [3.05, 3.63) is 133 Å². The molecular formula is C33H22O. The lowest BCUT2D eigenvalue weighted by atomic mass is 9.85. The van der Waals surface area contributed by atoms with Gasteiger partial charge in [-0.1, -0.05) is 121 Å². The van der Waals surface area contributed by atoms with Crippen LogP contribution in [0.15, 0.2) is 127 Å². The lowest BCUT2D eigenvalue weighted by Gasteiger charge is -2.18. The van der Waals surface area contributed by atoms with E-state index < -0.39 is 0 Å². The van der Waals surface area contributed by atoms with Gasteiger partial charge >= 0.3 is 0 Å². The molecule has 0 spiro atoms. The molecule has 0 saturated carbocycles. The minimum atomic E-state index is 0.687. The average Bonchev–Trinajstić information content (AvgIpc) is 2.92. The Balaban J connectivity index is 1.74. The number of rotatable bonds is 4. The third-order valence-corrected chi connectivity index (χ3v) is 6.53. The number of carbonyl (C=O) groups is 1. The second kappa shape index (κ2) is 8.46. The maximum absolute atomic E-state index is 11.1. The van der Waals surface area contributed by atoms with Crippen LogP contribution in [0.2, 0.25) is 0 Å². The number of carbonyl (C=O) groups excluding carboxylic acids is 1. The summed E-state index contributed by atoms with van der Waals surface area (Å²) in [5.74, 6) is 0. The van der Waals surface area contributed by atoms with Gasteiger partial charge in [0.25, 0.3) is 0 Å². The van der Waals surface area contributed by atoms with Gasteiger partial charge in [-0.2, -0.15) is 0 Å². The van der Waals surface area contributed by atoms with E-state index in [0.717, 1.165) is 17.4 Å². The zero-order valence-electron chi connectivity index (χ0n) is 18.6. The van der Waals surface area contributed by atoms with E-state index in [9.17, 15) is 4.79 Å². The van der Waals surface area contributed by atoms with Gasteiger partial charge in [-0.3, -0.25) is 4.79 Å². The third kappa shape index (κ3) is 3.39. The Labute approximate surface area is 198 Å². The second-order valence-electron chi connectivity index (χ2n) is 8.53. The molecule has 0 N–H and O–H groups in total. The molecule has 0 amide bonds. The summed E-state index contributed by atoms with van der Waals surface area (Å²) in [4.78, 5) is 11.1. The topological polar surface area (TPSA) is 17.1 Å². The summed E-state index contributed by atoms with van der Waals surface area (Å²) < 4.78 is 0. The van der Waals surface area contributed by atoms with Gasteiger partial charge in [-0.05, 0) is 61.0 Å². The molecule has 6 aromatic carbocycles. The average molecular weight is 435 g/mol. The maximum Gasteiger partial charge on any atom is 0.150 e. The molecule has 6 aromatic rings. The predicted octanol–water partition coefficient (Wildman–Crippen LogP) is 8.81. The molecular weight excluding hydrogens is 412 g/mol. The number of aldehydes is 1. The summed E-state index contributed by atoms with van der Waals surface area (Å²) in [5.41, 5.74) is 7.85. The molecule has 160 valence electrons. The minimum Gasteiger partial charge on any atom is -0.298 e. The highest BCUT2D eigenvalue weighted by atomic mass is 16.1. The fraction of sp³-hybridized carbons (Fsp3) is 0. The van der Waals surface area contributed by atoms with E-state index >= 15 is 0 Å². The van der Waals surface area contributed by atoms with Crippen LogP contribution in [0, 0.1) is 0 Å². The predicted molar refractivity (Wildman–Crippen MR) is 143 cm³/mol. The van der Waals surface area contributed by atoms with Crippen molar-refractivity contribution in [2.75, 3.05) is 0 Å². The van der Waals surface area contributed by atoms with Crippen LogP contribution in [0.25, 0.3) is 54.9 Å². The zero-order chi connectivity index (χ0) is 22.9. The summed E-state index contributed by atoms with van der Waals surface area (Å²) >= 11 is 0. The quantitative estimate of drug-likeness (QED) is 0.200. The van der Waals surface area contributed by atoms with Crippen molar-refractivity contribution in [3.63, 3.8) is 0 Å². The molecule has 0 unspecified atom stereocenters. The molecule has 6 rings (SSSR count). The Morgan fingerprint density at radius 2 is 0.853 bits per heavy atom. The van der Waals surface area contributed by atoms with E-state index in [4.69, 9.17) is 0 Å². The van der Waals surface area contributed by atoms with E-state index in [0.29, 0.717) is 5.56 Å². The Kier molecular flexibility index (Phi) is 5.01. The number of benzene rings is 6. The van der Waals surface area contributed by atoms with Crippen molar-refractivity contribution < 1.29 is 4.79 Å². The Bertz CT molecular complexity index is 1630. The molecule has 0 aliphatic rings. The van der Waals surface area contributed by atoms with Gasteiger partial charge in [0.2, 0.25) is 0 Å². The number of hydrogen-bond acceptors (Lipinski definition) is 1. The SMILES string of the molecule is O=Cc1ccc(-c2ccc3c(-c4ccccc4)c4ccccc4c(-c4ccccc4)c3c2)cc1. The zero-order valence-corrected chi connectivity index (χ0v) is 18.6. The lowest BCUT2D eigenvalue weighted by Crippen LogP contribution is -1.91. The Morgan fingerprint density at radius 3 is 1.41 bits per heavy atom. The number of hydrogen-bond donors (Lipinski definition) is 0. The molecule has 0 fully saturated rings. The fourth-order valence-electron chi connectivity index (χ4n) is 4.94. The molecule has 0 bridgehead atoms. The van der Waals surface area contributed by atoms with Gasteiger partial charge < -0.3 is 0 Å². The van der Waals surface area contributed by atoms with Crippen molar-refractivity contribution in [2.45, 2.75) is 0 Å². The van der Waals surface area contributed by atoms with Gasteiger partial charge in [0.1, 0.15) is 6.29 Å². The van der Waals surface area contributed by atoms with Crippen LogP contribution in [-0.2, 0) is 0 Å². The van der Waals surface area contributed by atoms with E-state index in [2.05, 4.69) is 103 Å². The van der Waals surface area contributed by atoms with Crippen LogP contribution in [0.1, 0.15) is 10.4 Å². The van der Waals surface area contributed by atoms with E-state index in [-0.39, 0.29) is 0 Å². The van der Waals surface area contributed by atoms with Crippen molar-refractivity contribution >= 4 is 27.8 Å². The van der Waals surface area contributed by atoms with E-state index in [1.54, 1.807) is 0 Å². The van der Waals surface area contributed by atoms with Crippen LogP contribution in [0.5, 0.6) is 0 Å². The van der Waals surface area contributed by atoms with Crippen molar-refractivity contribution in [1.82, 2.24) is 0 Å². The molecule has 1 heteroatoms. The van der Waals surface area contributed by atoms with Gasteiger partial charge in [-0.25, -0.2) is 0 Å². The molecule has 0 heterocycles. The van der Waals surface area contributed by atoms with Crippen LogP contribution in [0.3, 0.4) is 0 Å². The first-order valence-corrected chi connectivity index (χ1v) is 11.5. The van der Waals surface area contributed by atoms with E-state index in [1.807, 2.05) is 24.3 Å². The monoisotopic (exact) mass is 434 g/mol. The summed E-state index contributed by atoms with van der Waals surface area (Å²) in [6, 6.07) is 44.5. The van der Waals surface area contributed by atoms with Crippen molar-refractivity contribution in [1.29, 1.82) is 0 Å². The van der Waals surface area contributed by atoms with Gasteiger partial charge in [0.05, 0.1) is 0 Å². The number of fused-ring (bicyclic) bond motifs is 2. The lowest BCUT2D eigenvalue weighted by molar-refractivity contribution is 0.112. The third-order valence-electron chi connectivity index (χ3n) is 6.53. The molecule has 34 heavy (non-hydrogen) atoms. The van der Waals surface area contributed by atoms with E-state index in [1.165, 1.54) is 43.8 Å². The van der Waals surface area contributed by atoms with Crippen molar-refractivity contribution in [2.24, 2.45) is 0 Å². The smallest absolute Gasteiger partial charge is 0.150 e. The molecule has 0 aromatic heterocycles.